The largest absolute Gasteiger partial charge is 0.480 e. The van der Waals surface area contributed by atoms with E-state index in [9.17, 15) is 19.5 Å². The lowest BCUT2D eigenvalue weighted by Gasteiger charge is -2.21. The van der Waals surface area contributed by atoms with Gasteiger partial charge < -0.3 is 20.5 Å². The zero-order valence-corrected chi connectivity index (χ0v) is 19.4. The zero-order chi connectivity index (χ0) is 24.8. The van der Waals surface area contributed by atoms with Crippen LogP contribution in [0.3, 0.4) is 0 Å². The van der Waals surface area contributed by atoms with E-state index < -0.39 is 29.9 Å². The highest BCUT2D eigenvalue weighted by molar-refractivity contribution is 5.88. The Morgan fingerprint density at radius 2 is 1.46 bits per heavy atom. The van der Waals surface area contributed by atoms with E-state index in [1.54, 1.807) is 31.2 Å². The van der Waals surface area contributed by atoms with Crippen molar-refractivity contribution in [3.05, 3.63) is 95.6 Å². The van der Waals surface area contributed by atoms with Crippen LogP contribution < -0.4 is 10.6 Å². The first-order valence-corrected chi connectivity index (χ1v) is 11.7. The molecule has 2 amide bonds. The number of aliphatic carboxylic acids is 1. The van der Waals surface area contributed by atoms with Crippen molar-refractivity contribution in [2.45, 2.75) is 31.2 Å². The predicted octanol–water partition coefficient (Wildman–Crippen LogP) is 4.29. The third-order valence-corrected chi connectivity index (χ3v) is 6.34. The van der Waals surface area contributed by atoms with Gasteiger partial charge in [-0.2, -0.15) is 0 Å². The van der Waals surface area contributed by atoms with Crippen molar-refractivity contribution in [3.8, 4) is 11.1 Å². The van der Waals surface area contributed by atoms with Gasteiger partial charge in [-0.3, -0.25) is 4.79 Å². The number of alkyl carbamates (subject to hydrolysis) is 1. The first-order valence-electron chi connectivity index (χ1n) is 11.7. The van der Waals surface area contributed by atoms with Crippen LogP contribution in [-0.4, -0.2) is 42.3 Å². The molecule has 3 aromatic carbocycles. The average Bonchev–Trinajstić information content (AvgIpc) is 3.20. The van der Waals surface area contributed by atoms with Gasteiger partial charge in [0.15, 0.2) is 0 Å². The predicted molar refractivity (Wildman–Crippen MR) is 132 cm³/mol. The fraction of sp³-hybridized carbons (Fsp3) is 0.250. The van der Waals surface area contributed by atoms with Crippen LogP contribution in [0, 0.1) is 0 Å². The minimum absolute atomic E-state index is 0.0252. The first-order chi connectivity index (χ1) is 17.0. The number of benzene rings is 3. The highest BCUT2D eigenvalue weighted by Crippen LogP contribution is 2.44. The SMILES string of the molecule is CC[C@@H](NC(=O)C(CNC(=O)OCC1c2ccccc2-c2ccccc21)c1ccccc1)C(=O)O. The molecular weight excluding hydrogens is 444 g/mol. The van der Waals surface area contributed by atoms with Gasteiger partial charge in [-0.1, -0.05) is 85.8 Å². The Bertz CT molecular complexity index is 1170. The molecule has 1 aliphatic carbocycles. The van der Waals surface area contributed by atoms with Gasteiger partial charge in [0.25, 0.3) is 0 Å². The number of amides is 2. The summed E-state index contributed by atoms with van der Waals surface area (Å²) in [7, 11) is 0. The summed E-state index contributed by atoms with van der Waals surface area (Å²) in [6.07, 6.45) is -0.381. The summed E-state index contributed by atoms with van der Waals surface area (Å²) in [5, 5.41) is 14.5. The van der Waals surface area contributed by atoms with Gasteiger partial charge in [0.2, 0.25) is 5.91 Å². The van der Waals surface area contributed by atoms with E-state index in [-0.39, 0.29) is 25.5 Å². The molecule has 0 fully saturated rings. The molecule has 0 saturated heterocycles. The second-order valence-corrected chi connectivity index (χ2v) is 8.48. The molecular formula is C28H28N2O5. The molecule has 0 heterocycles. The summed E-state index contributed by atoms with van der Waals surface area (Å²) in [6, 6.07) is 24.1. The van der Waals surface area contributed by atoms with Crippen molar-refractivity contribution < 1.29 is 24.2 Å². The molecule has 1 aliphatic rings. The summed E-state index contributed by atoms with van der Waals surface area (Å²) in [6.45, 7) is 1.83. The Balaban J connectivity index is 1.41. The molecule has 180 valence electrons. The number of carboxylic acid groups (broad SMARTS) is 1. The lowest BCUT2D eigenvalue weighted by atomic mass is 9.97. The van der Waals surface area contributed by atoms with Gasteiger partial charge in [0.05, 0.1) is 5.92 Å². The number of hydrogen-bond acceptors (Lipinski definition) is 4. The molecule has 7 heteroatoms. The third-order valence-electron chi connectivity index (χ3n) is 6.34. The summed E-state index contributed by atoms with van der Waals surface area (Å²) >= 11 is 0. The molecule has 0 aliphatic heterocycles. The van der Waals surface area contributed by atoms with Crippen molar-refractivity contribution in [3.63, 3.8) is 0 Å². The van der Waals surface area contributed by atoms with E-state index in [4.69, 9.17) is 4.74 Å². The summed E-state index contributed by atoms with van der Waals surface area (Å²) in [4.78, 5) is 36.9. The summed E-state index contributed by atoms with van der Waals surface area (Å²) < 4.78 is 5.57. The number of hydrogen-bond donors (Lipinski definition) is 3. The maximum absolute atomic E-state index is 12.9. The van der Waals surface area contributed by atoms with Crippen LogP contribution in [0.25, 0.3) is 11.1 Å². The van der Waals surface area contributed by atoms with E-state index >= 15 is 0 Å². The Morgan fingerprint density at radius 1 is 0.886 bits per heavy atom. The molecule has 3 N–H and O–H groups in total. The molecule has 35 heavy (non-hydrogen) atoms. The fourth-order valence-corrected chi connectivity index (χ4v) is 4.49. The maximum atomic E-state index is 12.9. The number of ether oxygens (including phenoxy) is 1. The van der Waals surface area contributed by atoms with E-state index in [0.717, 1.165) is 22.3 Å². The summed E-state index contributed by atoms with van der Waals surface area (Å²) in [5.41, 5.74) is 5.18. The van der Waals surface area contributed by atoms with Crippen LogP contribution in [0.5, 0.6) is 0 Å². The fourth-order valence-electron chi connectivity index (χ4n) is 4.49. The second kappa shape index (κ2) is 10.9. The third kappa shape index (κ3) is 5.35. The number of nitrogens with one attached hydrogen (secondary N) is 2. The highest BCUT2D eigenvalue weighted by atomic mass is 16.5. The molecule has 7 nitrogen and oxygen atoms in total. The van der Waals surface area contributed by atoms with Crippen LogP contribution in [0.4, 0.5) is 4.79 Å². The lowest BCUT2D eigenvalue weighted by molar-refractivity contribution is -0.142. The molecule has 0 saturated carbocycles. The van der Waals surface area contributed by atoms with Crippen LogP contribution in [0.15, 0.2) is 78.9 Å². The first kappa shape index (κ1) is 24.0. The molecule has 3 aromatic rings. The summed E-state index contributed by atoms with van der Waals surface area (Å²) in [5.74, 6) is -2.39. The lowest BCUT2D eigenvalue weighted by Crippen LogP contribution is -2.45. The van der Waals surface area contributed by atoms with Crippen molar-refractivity contribution in [2.24, 2.45) is 0 Å². The molecule has 0 radical (unpaired) electrons. The monoisotopic (exact) mass is 472 g/mol. The second-order valence-electron chi connectivity index (χ2n) is 8.48. The number of carbonyl (C=O) groups is 3. The maximum Gasteiger partial charge on any atom is 0.407 e. The van der Waals surface area contributed by atoms with E-state index in [1.807, 2.05) is 42.5 Å². The minimum Gasteiger partial charge on any atom is -0.480 e. The average molecular weight is 473 g/mol. The molecule has 4 rings (SSSR count). The van der Waals surface area contributed by atoms with E-state index in [1.165, 1.54) is 0 Å². The highest BCUT2D eigenvalue weighted by Gasteiger charge is 2.30. The van der Waals surface area contributed by atoms with Crippen molar-refractivity contribution in [1.82, 2.24) is 10.6 Å². The van der Waals surface area contributed by atoms with Crippen LogP contribution >= 0.6 is 0 Å². The van der Waals surface area contributed by atoms with Gasteiger partial charge in [-0.25, -0.2) is 9.59 Å². The zero-order valence-electron chi connectivity index (χ0n) is 19.4. The molecule has 1 unspecified atom stereocenters. The van der Waals surface area contributed by atoms with Crippen LogP contribution in [0.2, 0.25) is 0 Å². The van der Waals surface area contributed by atoms with Crippen molar-refractivity contribution >= 4 is 18.0 Å². The standard InChI is InChI=1S/C28H28N2O5/c1-2-25(27(32)33)30-26(31)23(18-10-4-3-5-11-18)16-29-28(34)35-17-24-21-14-8-6-12-19(21)20-13-7-9-15-22(20)24/h3-15,23-25H,2,16-17H2,1H3,(H,29,34)(H,30,31)(H,32,33)/t23?,25-/m1/s1. The van der Waals surface area contributed by atoms with Crippen molar-refractivity contribution in [1.29, 1.82) is 0 Å². The topological polar surface area (TPSA) is 105 Å². The quantitative estimate of drug-likeness (QED) is 0.431. The molecule has 0 aromatic heterocycles. The molecule has 2 atom stereocenters. The van der Waals surface area contributed by atoms with Crippen molar-refractivity contribution in [2.75, 3.05) is 13.2 Å². The van der Waals surface area contributed by atoms with Gasteiger partial charge in [-0.05, 0) is 34.2 Å². The van der Waals surface area contributed by atoms with E-state index in [0.29, 0.717) is 5.56 Å². The Morgan fingerprint density at radius 3 is 2.03 bits per heavy atom. The Hall–Kier alpha value is -4.13. The number of carbonyl (C=O) groups excluding carboxylic acids is 2. The van der Waals surface area contributed by atoms with E-state index in [2.05, 4.69) is 22.8 Å². The van der Waals surface area contributed by atoms with Gasteiger partial charge in [0, 0.05) is 12.5 Å². The van der Waals surface area contributed by atoms with Gasteiger partial charge in [-0.15, -0.1) is 0 Å². The minimum atomic E-state index is -1.10. The van der Waals surface area contributed by atoms with Gasteiger partial charge in [0.1, 0.15) is 12.6 Å². The molecule has 0 spiro atoms. The number of carboxylic acids is 1. The Labute approximate surface area is 204 Å². The molecule has 0 bridgehead atoms. The number of fused-ring (bicyclic) bond motifs is 3. The Kier molecular flexibility index (Phi) is 7.45. The van der Waals surface area contributed by atoms with Gasteiger partial charge >= 0.3 is 12.1 Å². The number of rotatable bonds is 9. The normalized spacial score (nSPS) is 13.7. The van der Waals surface area contributed by atoms with Crippen LogP contribution in [-0.2, 0) is 14.3 Å². The smallest absolute Gasteiger partial charge is 0.407 e. The van der Waals surface area contributed by atoms with Crippen LogP contribution in [0.1, 0.15) is 41.9 Å².